The third-order valence-corrected chi connectivity index (χ3v) is 4.89. The van der Waals surface area contributed by atoms with Crippen molar-refractivity contribution in [1.29, 1.82) is 0 Å². The molecular formula is C18H26O3. The standard InChI is InChI=1S/C18H26O3/c1-13(19)21-17-11-7-15(8-12-17)18(2,3)14-5-9-16(20-4)10-6-14/h7-8,11-12,14,16H,5-6,9-10H2,1-4H3. The van der Waals surface area contributed by atoms with E-state index in [9.17, 15) is 4.79 Å². The molecule has 0 N–H and O–H groups in total. The minimum absolute atomic E-state index is 0.132. The van der Waals surface area contributed by atoms with E-state index in [1.807, 2.05) is 19.2 Å². The smallest absolute Gasteiger partial charge is 0.308 e. The summed E-state index contributed by atoms with van der Waals surface area (Å²) in [5.74, 6) is 1.01. The van der Waals surface area contributed by atoms with E-state index in [4.69, 9.17) is 9.47 Å². The molecule has 0 bridgehead atoms. The fourth-order valence-corrected chi connectivity index (χ4v) is 3.37. The van der Waals surface area contributed by atoms with Crippen LogP contribution in [0.1, 0.15) is 52.0 Å². The first-order valence-corrected chi connectivity index (χ1v) is 7.75. The summed E-state index contributed by atoms with van der Waals surface area (Å²) in [6, 6.07) is 7.94. The highest BCUT2D eigenvalue weighted by Gasteiger charge is 2.34. The van der Waals surface area contributed by atoms with Crippen molar-refractivity contribution in [3.63, 3.8) is 0 Å². The predicted molar refractivity (Wildman–Crippen MR) is 83.5 cm³/mol. The Bertz CT molecular complexity index is 468. The molecule has 3 heteroatoms. The third kappa shape index (κ3) is 3.85. The van der Waals surface area contributed by atoms with Crippen LogP contribution in [-0.2, 0) is 14.9 Å². The molecule has 21 heavy (non-hydrogen) atoms. The Morgan fingerprint density at radius 2 is 1.67 bits per heavy atom. The number of benzene rings is 1. The van der Waals surface area contributed by atoms with Crippen LogP contribution in [0.3, 0.4) is 0 Å². The maximum absolute atomic E-state index is 11.0. The molecule has 0 aromatic heterocycles. The minimum atomic E-state index is -0.278. The number of hydrogen-bond donors (Lipinski definition) is 0. The lowest BCUT2D eigenvalue weighted by atomic mass is 9.67. The summed E-state index contributed by atoms with van der Waals surface area (Å²) in [4.78, 5) is 11.0. The molecule has 1 aromatic rings. The Morgan fingerprint density at radius 1 is 1.10 bits per heavy atom. The number of ether oxygens (including phenoxy) is 2. The molecule has 3 nitrogen and oxygen atoms in total. The van der Waals surface area contributed by atoms with Crippen molar-refractivity contribution in [2.45, 2.75) is 58.0 Å². The molecule has 0 saturated heterocycles. The fraction of sp³-hybridized carbons (Fsp3) is 0.611. The molecule has 1 aliphatic carbocycles. The van der Waals surface area contributed by atoms with Crippen molar-refractivity contribution >= 4 is 5.97 Å². The van der Waals surface area contributed by atoms with E-state index in [2.05, 4.69) is 26.0 Å². The summed E-state index contributed by atoms with van der Waals surface area (Å²) >= 11 is 0. The van der Waals surface area contributed by atoms with Gasteiger partial charge in [-0.05, 0) is 54.7 Å². The molecule has 1 fully saturated rings. The van der Waals surface area contributed by atoms with Gasteiger partial charge in [0.1, 0.15) is 5.75 Å². The number of methoxy groups -OCH3 is 1. The quantitative estimate of drug-likeness (QED) is 0.619. The summed E-state index contributed by atoms with van der Waals surface area (Å²) in [7, 11) is 1.81. The number of carbonyl (C=O) groups is 1. The first kappa shape index (κ1) is 16.0. The van der Waals surface area contributed by atoms with Gasteiger partial charge < -0.3 is 9.47 Å². The van der Waals surface area contributed by atoms with Crippen molar-refractivity contribution in [3.05, 3.63) is 29.8 Å². The van der Waals surface area contributed by atoms with E-state index in [0.717, 1.165) is 12.8 Å². The lowest BCUT2D eigenvalue weighted by molar-refractivity contribution is -0.131. The predicted octanol–water partition coefficient (Wildman–Crippen LogP) is 4.09. The van der Waals surface area contributed by atoms with Gasteiger partial charge in [-0.2, -0.15) is 0 Å². The molecule has 1 saturated carbocycles. The Morgan fingerprint density at radius 3 is 2.14 bits per heavy atom. The molecule has 2 rings (SSSR count). The maximum Gasteiger partial charge on any atom is 0.308 e. The topological polar surface area (TPSA) is 35.5 Å². The summed E-state index contributed by atoms with van der Waals surface area (Å²) in [5.41, 5.74) is 1.44. The van der Waals surface area contributed by atoms with Gasteiger partial charge in [-0.1, -0.05) is 26.0 Å². The van der Waals surface area contributed by atoms with Crippen LogP contribution in [0.5, 0.6) is 5.75 Å². The molecule has 116 valence electrons. The lowest BCUT2D eigenvalue weighted by Gasteiger charge is -2.39. The second kappa shape index (κ2) is 6.61. The van der Waals surface area contributed by atoms with Gasteiger partial charge >= 0.3 is 5.97 Å². The van der Waals surface area contributed by atoms with Crippen LogP contribution in [-0.4, -0.2) is 19.2 Å². The molecule has 0 amide bonds. The molecule has 1 aliphatic rings. The van der Waals surface area contributed by atoms with Crippen molar-refractivity contribution in [2.75, 3.05) is 7.11 Å². The summed E-state index contributed by atoms with van der Waals surface area (Å²) in [6.07, 6.45) is 5.14. The highest BCUT2D eigenvalue weighted by atomic mass is 16.5. The van der Waals surface area contributed by atoms with Crippen LogP contribution in [0.4, 0.5) is 0 Å². The molecule has 0 aliphatic heterocycles. The molecule has 0 unspecified atom stereocenters. The van der Waals surface area contributed by atoms with Crippen molar-refractivity contribution in [2.24, 2.45) is 5.92 Å². The van der Waals surface area contributed by atoms with Crippen LogP contribution < -0.4 is 4.74 Å². The second-order valence-corrected chi connectivity index (χ2v) is 6.55. The van der Waals surface area contributed by atoms with Crippen molar-refractivity contribution in [1.82, 2.24) is 0 Å². The van der Waals surface area contributed by atoms with Crippen LogP contribution in [0.2, 0.25) is 0 Å². The average Bonchev–Trinajstić information content (AvgIpc) is 2.47. The number of hydrogen-bond acceptors (Lipinski definition) is 3. The van der Waals surface area contributed by atoms with Gasteiger partial charge in [-0.3, -0.25) is 4.79 Å². The monoisotopic (exact) mass is 290 g/mol. The van der Waals surface area contributed by atoms with Gasteiger partial charge in [-0.15, -0.1) is 0 Å². The Kier molecular flexibility index (Phi) is 5.04. The fourth-order valence-electron chi connectivity index (χ4n) is 3.37. The number of rotatable bonds is 4. The average molecular weight is 290 g/mol. The summed E-state index contributed by atoms with van der Waals surface area (Å²) < 4.78 is 10.6. The zero-order chi connectivity index (χ0) is 15.5. The Hall–Kier alpha value is -1.35. The van der Waals surface area contributed by atoms with E-state index in [0.29, 0.717) is 17.8 Å². The Balaban J connectivity index is 2.06. The molecule has 0 radical (unpaired) electrons. The Labute approximate surface area is 127 Å². The normalized spacial score (nSPS) is 22.9. The van der Waals surface area contributed by atoms with E-state index in [-0.39, 0.29) is 11.4 Å². The van der Waals surface area contributed by atoms with Gasteiger partial charge in [0.05, 0.1) is 6.10 Å². The molecule has 0 heterocycles. The largest absolute Gasteiger partial charge is 0.427 e. The molecule has 1 aromatic carbocycles. The van der Waals surface area contributed by atoms with Gasteiger partial charge in [0.15, 0.2) is 0 Å². The highest BCUT2D eigenvalue weighted by molar-refractivity contribution is 5.69. The summed E-state index contributed by atoms with van der Waals surface area (Å²) in [6.45, 7) is 6.05. The maximum atomic E-state index is 11.0. The molecule has 0 spiro atoms. The minimum Gasteiger partial charge on any atom is -0.427 e. The van der Waals surface area contributed by atoms with Crippen LogP contribution in [0, 0.1) is 5.92 Å². The van der Waals surface area contributed by atoms with Gasteiger partial charge in [0.2, 0.25) is 0 Å². The number of esters is 1. The van der Waals surface area contributed by atoms with Crippen molar-refractivity contribution in [3.8, 4) is 5.75 Å². The zero-order valence-corrected chi connectivity index (χ0v) is 13.5. The lowest BCUT2D eigenvalue weighted by Crippen LogP contribution is -2.33. The van der Waals surface area contributed by atoms with Gasteiger partial charge in [-0.25, -0.2) is 0 Å². The van der Waals surface area contributed by atoms with E-state index < -0.39 is 0 Å². The molecular weight excluding hydrogens is 264 g/mol. The SMILES string of the molecule is COC1CCC(C(C)(C)c2ccc(OC(C)=O)cc2)CC1. The first-order valence-electron chi connectivity index (χ1n) is 7.75. The van der Waals surface area contributed by atoms with Gasteiger partial charge in [0.25, 0.3) is 0 Å². The first-order chi connectivity index (χ1) is 9.93. The van der Waals surface area contributed by atoms with Crippen LogP contribution in [0.25, 0.3) is 0 Å². The highest BCUT2D eigenvalue weighted by Crippen LogP contribution is 2.41. The second-order valence-electron chi connectivity index (χ2n) is 6.55. The third-order valence-electron chi connectivity index (χ3n) is 4.89. The summed E-state index contributed by atoms with van der Waals surface area (Å²) in [5, 5.41) is 0. The number of carbonyl (C=O) groups excluding carboxylic acids is 1. The van der Waals surface area contributed by atoms with E-state index >= 15 is 0 Å². The van der Waals surface area contributed by atoms with Crippen LogP contribution in [0.15, 0.2) is 24.3 Å². The zero-order valence-electron chi connectivity index (χ0n) is 13.5. The van der Waals surface area contributed by atoms with Crippen LogP contribution >= 0.6 is 0 Å². The van der Waals surface area contributed by atoms with E-state index in [1.165, 1.54) is 25.3 Å². The molecule has 0 atom stereocenters. The van der Waals surface area contributed by atoms with Gasteiger partial charge in [0, 0.05) is 14.0 Å². The van der Waals surface area contributed by atoms with E-state index in [1.54, 1.807) is 0 Å². The van der Waals surface area contributed by atoms with Crippen molar-refractivity contribution < 1.29 is 14.3 Å².